The van der Waals surface area contributed by atoms with Crippen LogP contribution in [0.15, 0.2) is 41.4 Å². The minimum atomic E-state index is 0.724. The maximum atomic E-state index is 4.74. The van der Waals surface area contributed by atoms with Crippen LogP contribution in [-0.4, -0.2) is 25.3 Å². The summed E-state index contributed by atoms with van der Waals surface area (Å²) in [5.41, 5.74) is 6.77. The van der Waals surface area contributed by atoms with Gasteiger partial charge in [-0.3, -0.25) is 0 Å². The second-order valence-corrected chi connectivity index (χ2v) is 6.54. The van der Waals surface area contributed by atoms with Crippen LogP contribution in [0.2, 0.25) is 0 Å². The molecule has 0 bridgehead atoms. The van der Waals surface area contributed by atoms with E-state index in [4.69, 9.17) is 15.0 Å². The lowest BCUT2D eigenvalue weighted by Gasteiger charge is -2.04. The largest absolute Gasteiger partial charge is 0.323 e. The van der Waals surface area contributed by atoms with Gasteiger partial charge in [-0.1, -0.05) is 12.1 Å². The van der Waals surface area contributed by atoms with Gasteiger partial charge in [-0.25, -0.2) is 15.0 Å². The monoisotopic (exact) mass is 345 g/mol. The van der Waals surface area contributed by atoms with Gasteiger partial charge in [0.2, 0.25) is 5.95 Å². The summed E-state index contributed by atoms with van der Waals surface area (Å²) in [4.78, 5) is 14.1. The van der Waals surface area contributed by atoms with Crippen molar-refractivity contribution >= 4 is 34.2 Å². The van der Waals surface area contributed by atoms with E-state index in [9.17, 15) is 0 Å². The van der Waals surface area contributed by atoms with Crippen LogP contribution >= 0.6 is 0 Å². The molecule has 2 heterocycles. The first-order chi connectivity index (χ1) is 12.6. The van der Waals surface area contributed by atoms with E-state index in [0.29, 0.717) is 0 Å². The summed E-state index contributed by atoms with van der Waals surface area (Å²) in [6.45, 7) is 10.2. The summed E-state index contributed by atoms with van der Waals surface area (Å²) >= 11 is 0. The lowest BCUT2D eigenvalue weighted by Crippen LogP contribution is -2.01. The van der Waals surface area contributed by atoms with E-state index in [-0.39, 0.29) is 0 Å². The van der Waals surface area contributed by atoms with Crippen molar-refractivity contribution in [1.29, 1.82) is 0 Å². The fourth-order valence-electron chi connectivity index (χ4n) is 3.42. The second-order valence-electron chi connectivity index (χ2n) is 6.54. The van der Waals surface area contributed by atoms with Gasteiger partial charge in [0.15, 0.2) is 5.82 Å². The summed E-state index contributed by atoms with van der Waals surface area (Å²) in [6, 6.07) is 12.5. The Hall–Kier alpha value is -2.95. The van der Waals surface area contributed by atoms with Crippen molar-refractivity contribution in [3.8, 4) is 0 Å². The van der Waals surface area contributed by atoms with E-state index in [0.717, 1.165) is 46.9 Å². The van der Waals surface area contributed by atoms with Crippen molar-refractivity contribution < 1.29 is 0 Å². The first-order valence-corrected chi connectivity index (χ1v) is 9.09. The van der Waals surface area contributed by atoms with E-state index in [2.05, 4.69) is 55.0 Å². The van der Waals surface area contributed by atoms with E-state index >= 15 is 0 Å². The predicted molar refractivity (Wildman–Crippen MR) is 108 cm³/mol. The molecule has 0 aliphatic rings. The zero-order valence-electron chi connectivity index (χ0n) is 15.7. The Balaban J connectivity index is 1.82. The number of nitrogens with zero attached hydrogens (tertiary/aromatic N) is 5. The van der Waals surface area contributed by atoms with Gasteiger partial charge in [-0.15, -0.1) is 0 Å². The zero-order chi connectivity index (χ0) is 18.3. The van der Waals surface area contributed by atoms with Gasteiger partial charge in [0.05, 0.1) is 28.3 Å². The van der Waals surface area contributed by atoms with Gasteiger partial charge in [0.1, 0.15) is 0 Å². The van der Waals surface area contributed by atoms with Crippen LogP contribution in [0.25, 0.3) is 22.1 Å². The number of imidazole rings is 2. The van der Waals surface area contributed by atoms with Crippen molar-refractivity contribution in [2.45, 2.75) is 40.8 Å². The first kappa shape index (κ1) is 16.5. The zero-order valence-corrected chi connectivity index (χ0v) is 15.7. The van der Waals surface area contributed by atoms with Crippen LogP contribution in [-0.2, 0) is 13.1 Å². The summed E-state index contributed by atoms with van der Waals surface area (Å²) < 4.78 is 4.32. The highest BCUT2D eigenvalue weighted by Crippen LogP contribution is 2.25. The predicted octanol–water partition coefficient (Wildman–Crippen LogP) is 4.79. The molecule has 0 atom stereocenters. The molecule has 0 unspecified atom stereocenters. The summed E-state index contributed by atoms with van der Waals surface area (Å²) in [5.74, 6) is 1.58. The Kier molecular flexibility index (Phi) is 4.07. The topological polar surface area (TPSA) is 48.0 Å². The van der Waals surface area contributed by atoms with Crippen molar-refractivity contribution in [3.63, 3.8) is 0 Å². The highest BCUT2D eigenvalue weighted by molar-refractivity contribution is 5.87. The maximum Gasteiger partial charge on any atom is 0.230 e. The van der Waals surface area contributed by atoms with Crippen molar-refractivity contribution in [2.75, 3.05) is 0 Å². The molecule has 0 fully saturated rings. The Morgan fingerprint density at radius 2 is 1.62 bits per heavy atom. The number of rotatable bonds is 4. The van der Waals surface area contributed by atoms with Gasteiger partial charge >= 0.3 is 0 Å². The molecule has 26 heavy (non-hydrogen) atoms. The minimum Gasteiger partial charge on any atom is -0.323 e. The molecular formula is C21H23N5. The highest BCUT2D eigenvalue weighted by atomic mass is 15.2. The molecular weight excluding hydrogens is 322 g/mol. The van der Waals surface area contributed by atoms with Crippen molar-refractivity contribution in [1.82, 2.24) is 19.1 Å². The van der Waals surface area contributed by atoms with E-state index in [1.54, 1.807) is 0 Å². The molecule has 2 aromatic carbocycles. The van der Waals surface area contributed by atoms with Crippen LogP contribution in [0, 0.1) is 13.8 Å². The molecule has 0 amide bonds. The summed E-state index contributed by atoms with van der Waals surface area (Å²) in [7, 11) is 0. The summed E-state index contributed by atoms with van der Waals surface area (Å²) in [5, 5.41) is 0. The number of hydrogen-bond donors (Lipinski definition) is 0. The quantitative estimate of drug-likeness (QED) is 0.499. The molecule has 0 radical (unpaired) electrons. The molecule has 132 valence electrons. The van der Waals surface area contributed by atoms with Crippen molar-refractivity contribution in [2.24, 2.45) is 4.99 Å². The molecule has 0 aliphatic heterocycles. The number of aryl methyl sites for hydroxylation is 4. The molecule has 5 heteroatoms. The van der Waals surface area contributed by atoms with E-state index in [1.165, 1.54) is 11.1 Å². The Bertz CT molecular complexity index is 1130. The number of hydrogen-bond acceptors (Lipinski definition) is 3. The van der Waals surface area contributed by atoms with Gasteiger partial charge in [-0.05, 0) is 63.1 Å². The molecule has 4 aromatic rings. The SMILES string of the molecule is CCn1c(C=Nc2nc3cc(C)c(C)cc3n2CC)nc2ccccc21. The number of para-hydroxylation sites is 2. The molecule has 0 saturated heterocycles. The van der Waals surface area contributed by atoms with Crippen LogP contribution < -0.4 is 0 Å². The number of aliphatic imine (C=N–C) groups is 1. The highest BCUT2D eigenvalue weighted by Gasteiger charge is 2.11. The molecule has 2 aromatic heterocycles. The lowest BCUT2D eigenvalue weighted by atomic mass is 10.1. The van der Waals surface area contributed by atoms with Crippen LogP contribution in [0.5, 0.6) is 0 Å². The van der Waals surface area contributed by atoms with E-state index < -0.39 is 0 Å². The third-order valence-corrected chi connectivity index (χ3v) is 4.96. The van der Waals surface area contributed by atoms with Gasteiger partial charge in [0.25, 0.3) is 0 Å². The molecule has 4 rings (SSSR count). The fraction of sp³-hybridized carbons (Fsp3) is 0.286. The van der Waals surface area contributed by atoms with Crippen molar-refractivity contribution in [3.05, 3.63) is 53.3 Å². The van der Waals surface area contributed by atoms with Crippen LogP contribution in [0.1, 0.15) is 30.8 Å². The Morgan fingerprint density at radius 1 is 0.885 bits per heavy atom. The third kappa shape index (κ3) is 2.60. The number of fused-ring (bicyclic) bond motifs is 2. The lowest BCUT2D eigenvalue weighted by molar-refractivity contribution is 0.776. The Labute approximate surface area is 153 Å². The Morgan fingerprint density at radius 3 is 2.38 bits per heavy atom. The normalized spacial score (nSPS) is 12.0. The molecule has 0 aliphatic carbocycles. The standard InChI is InChI=1S/C21H23N5/c1-5-25-18-10-8-7-9-16(18)23-20(25)13-22-21-24-17-11-14(3)15(4)12-19(17)26(21)6-2/h7-13H,5-6H2,1-4H3. The van der Waals surface area contributed by atoms with E-state index in [1.807, 2.05) is 24.4 Å². The van der Waals surface area contributed by atoms with Gasteiger partial charge < -0.3 is 9.13 Å². The smallest absolute Gasteiger partial charge is 0.230 e. The average Bonchev–Trinajstić information content (AvgIpc) is 3.17. The molecule has 0 N–H and O–H groups in total. The minimum absolute atomic E-state index is 0.724. The fourth-order valence-corrected chi connectivity index (χ4v) is 3.42. The third-order valence-electron chi connectivity index (χ3n) is 4.96. The maximum absolute atomic E-state index is 4.74. The van der Waals surface area contributed by atoms with Gasteiger partial charge in [0, 0.05) is 13.1 Å². The van der Waals surface area contributed by atoms with Crippen LogP contribution in [0.3, 0.4) is 0 Å². The molecule has 0 saturated carbocycles. The second kappa shape index (κ2) is 6.41. The van der Waals surface area contributed by atoms with Gasteiger partial charge in [-0.2, -0.15) is 0 Å². The average molecular weight is 345 g/mol. The summed E-state index contributed by atoms with van der Waals surface area (Å²) in [6.07, 6.45) is 1.83. The molecule has 0 spiro atoms. The first-order valence-electron chi connectivity index (χ1n) is 9.09. The molecule has 5 nitrogen and oxygen atoms in total. The van der Waals surface area contributed by atoms with Crippen LogP contribution in [0.4, 0.5) is 5.95 Å². The number of aromatic nitrogens is 4. The number of benzene rings is 2.